The Morgan fingerprint density at radius 2 is 2.14 bits per heavy atom. The fourth-order valence-corrected chi connectivity index (χ4v) is 0.501. The highest BCUT2D eigenvalue weighted by Gasteiger charge is 2.33. The fraction of sp³-hybridized carbons (Fsp3) is 0.500. The molecule has 0 radical (unpaired) electrons. The summed E-state index contributed by atoms with van der Waals surface area (Å²) in [5.74, 6) is 0. The van der Waals surface area contributed by atoms with Crippen molar-refractivity contribution in [2.45, 2.75) is 13.8 Å². The van der Waals surface area contributed by atoms with Gasteiger partial charge in [0.25, 0.3) is 0 Å². The van der Waals surface area contributed by atoms with Gasteiger partial charge in [0.15, 0.2) is 0 Å². The van der Waals surface area contributed by atoms with Crippen LogP contribution in [0.3, 0.4) is 0 Å². The number of allylic oxidation sites excluding steroid dienone is 2. The quantitative estimate of drug-likeness (QED) is 0.445. The van der Waals surface area contributed by atoms with E-state index in [1.54, 1.807) is 0 Å². The lowest BCUT2D eigenvalue weighted by Crippen LogP contribution is -1.86. The lowest BCUT2D eigenvalue weighted by molar-refractivity contribution is 0.714. The summed E-state index contributed by atoms with van der Waals surface area (Å²) in [5.41, 5.74) is 1.07. The molecule has 0 heterocycles. The van der Waals surface area contributed by atoms with E-state index < -0.39 is 0 Å². The van der Waals surface area contributed by atoms with E-state index in [0.29, 0.717) is 0 Å². The molecule has 1 aliphatic rings. The van der Waals surface area contributed by atoms with E-state index in [1.165, 1.54) is 0 Å². The van der Waals surface area contributed by atoms with Crippen molar-refractivity contribution in [3.8, 4) is 6.07 Å². The summed E-state index contributed by atoms with van der Waals surface area (Å²) in [6.45, 7) is 4.07. The molecule has 0 saturated carbocycles. The lowest BCUT2D eigenvalue weighted by Gasteiger charge is -1.92. The third-order valence-corrected chi connectivity index (χ3v) is 1.24. The summed E-state index contributed by atoms with van der Waals surface area (Å²) in [5, 5.41) is 8.22. The third-order valence-electron chi connectivity index (χ3n) is 1.24. The molecule has 0 atom stereocenters. The van der Waals surface area contributed by atoms with Gasteiger partial charge < -0.3 is 0 Å². The Labute approximate surface area is 43.3 Å². The third kappa shape index (κ3) is 0.521. The van der Waals surface area contributed by atoms with Crippen LogP contribution in [0.25, 0.3) is 0 Å². The molecule has 1 aliphatic carbocycles. The summed E-state index contributed by atoms with van der Waals surface area (Å²) < 4.78 is 0. The Morgan fingerprint density at radius 1 is 1.71 bits per heavy atom. The van der Waals surface area contributed by atoms with Crippen LogP contribution in [0.15, 0.2) is 11.6 Å². The monoisotopic (exact) mass is 93.1 g/mol. The molecule has 0 aromatic carbocycles. The van der Waals surface area contributed by atoms with Gasteiger partial charge in [-0.05, 0) is 0 Å². The van der Waals surface area contributed by atoms with Gasteiger partial charge in [0.2, 0.25) is 0 Å². The van der Waals surface area contributed by atoms with Crippen molar-refractivity contribution in [3.05, 3.63) is 11.6 Å². The van der Waals surface area contributed by atoms with Crippen LogP contribution in [0.2, 0.25) is 0 Å². The molecule has 0 spiro atoms. The van der Waals surface area contributed by atoms with E-state index in [-0.39, 0.29) is 5.41 Å². The second kappa shape index (κ2) is 0.894. The van der Waals surface area contributed by atoms with Gasteiger partial charge in [-0.15, -0.1) is 0 Å². The summed E-state index contributed by atoms with van der Waals surface area (Å²) in [6.07, 6.45) is 1.97. The molecular formula is C6H7N. The smallest absolute Gasteiger partial charge is 0.0953 e. The number of hydrogen-bond acceptors (Lipinski definition) is 1. The van der Waals surface area contributed by atoms with Gasteiger partial charge in [0.05, 0.1) is 6.07 Å². The molecule has 0 aliphatic heterocycles. The fourth-order valence-electron chi connectivity index (χ4n) is 0.501. The van der Waals surface area contributed by atoms with Crippen LogP contribution in [0.5, 0.6) is 0 Å². The molecule has 0 bridgehead atoms. The molecule has 0 aromatic rings. The topological polar surface area (TPSA) is 23.8 Å². The van der Waals surface area contributed by atoms with E-state index in [1.807, 2.05) is 19.9 Å². The Morgan fingerprint density at radius 3 is 2.14 bits per heavy atom. The summed E-state index contributed by atoms with van der Waals surface area (Å²) in [4.78, 5) is 0. The molecule has 0 amide bonds. The molecule has 0 fully saturated rings. The minimum Gasteiger partial charge on any atom is -0.193 e. The van der Waals surface area contributed by atoms with E-state index in [0.717, 1.165) is 5.57 Å². The molecule has 0 saturated heterocycles. The maximum absolute atomic E-state index is 8.22. The first-order chi connectivity index (χ1) is 3.17. The van der Waals surface area contributed by atoms with Crippen molar-refractivity contribution in [1.29, 1.82) is 5.26 Å². The Kier molecular flexibility index (Phi) is 0.561. The molecule has 1 heteroatoms. The molecule has 36 valence electrons. The van der Waals surface area contributed by atoms with Crippen molar-refractivity contribution in [2.75, 3.05) is 0 Å². The van der Waals surface area contributed by atoms with Crippen molar-refractivity contribution in [3.63, 3.8) is 0 Å². The number of rotatable bonds is 0. The van der Waals surface area contributed by atoms with Crippen LogP contribution in [0.1, 0.15) is 13.8 Å². The summed E-state index contributed by atoms with van der Waals surface area (Å²) >= 11 is 0. The second-order valence-corrected chi connectivity index (χ2v) is 2.39. The van der Waals surface area contributed by atoms with Gasteiger partial charge in [-0.25, -0.2) is 0 Å². The standard InChI is InChI=1S/C6H7N/c1-6(2)3-5(6)4-7/h3H,1-2H3. The molecule has 7 heavy (non-hydrogen) atoms. The van der Waals surface area contributed by atoms with Gasteiger partial charge in [-0.2, -0.15) is 5.26 Å². The van der Waals surface area contributed by atoms with E-state index in [9.17, 15) is 0 Å². The molecular weight excluding hydrogens is 86.1 g/mol. The predicted molar refractivity (Wildman–Crippen MR) is 27.5 cm³/mol. The zero-order valence-electron chi connectivity index (χ0n) is 4.52. The Hall–Kier alpha value is -0.770. The van der Waals surface area contributed by atoms with E-state index >= 15 is 0 Å². The van der Waals surface area contributed by atoms with Gasteiger partial charge in [-0.3, -0.25) is 0 Å². The van der Waals surface area contributed by atoms with Crippen molar-refractivity contribution >= 4 is 0 Å². The average Bonchev–Trinajstić information content (AvgIpc) is 2.13. The second-order valence-electron chi connectivity index (χ2n) is 2.39. The first kappa shape index (κ1) is 4.39. The molecule has 1 nitrogen and oxygen atoms in total. The highest BCUT2D eigenvalue weighted by atomic mass is 14.4. The lowest BCUT2D eigenvalue weighted by atomic mass is 10.1. The highest BCUT2D eigenvalue weighted by molar-refractivity contribution is 5.46. The zero-order chi connectivity index (χ0) is 5.49. The van der Waals surface area contributed by atoms with Gasteiger partial charge >= 0.3 is 0 Å². The van der Waals surface area contributed by atoms with Crippen LogP contribution in [0.4, 0.5) is 0 Å². The number of nitrogens with zero attached hydrogens (tertiary/aromatic N) is 1. The van der Waals surface area contributed by atoms with Gasteiger partial charge in [-0.1, -0.05) is 19.9 Å². The Bertz CT molecular complexity index is 158. The normalized spacial score (nSPS) is 22.7. The van der Waals surface area contributed by atoms with Crippen LogP contribution < -0.4 is 0 Å². The number of nitriles is 1. The van der Waals surface area contributed by atoms with Crippen molar-refractivity contribution < 1.29 is 0 Å². The molecule has 0 N–H and O–H groups in total. The van der Waals surface area contributed by atoms with Gasteiger partial charge in [0.1, 0.15) is 0 Å². The summed E-state index contributed by atoms with van der Waals surface area (Å²) in [7, 11) is 0. The first-order valence-electron chi connectivity index (χ1n) is 2.30. The maximum Gasteiger partial charge on any atom is 0.0953 e. The first-order valence-corrected chi connectivity index (χ1v) is 2.30. The maximum atomic E-state index is 8.22. The van der Waals surface area contributed by atoms with Crippen LogP contribution in [-0.2, 0) is 0 Å². The predicted octanol–water partition coefficient (Wildman–Crippen LogP) is 1.48. The molecule has 1 rings (SSSR count). The summed E-state index contributed by atoms with van der Waals surface area (Å²) in [6, 6.07) is 2.09. The molecule has 0 aromatic heterocycles. The number of hydrogen-bond donors (Lipinski definition) is 0. The van der Waals surface area contributed by atoms with E-state index in [2.05, 4.69) is 6.07 Å². The zero-order valence-corrected chi connectivity index (χ0v) is 4.52. The largest absolute Gasteiger partial charge is 0.193 e. The Balaban J connectivity index is 2.61. The van der Waals surface area contributed by atoms with Crippen LogP contribution in [0, 0.1) is 16.7 Å². The highest BCUT2D eigenvalue weighted by Crippen LogP contribution is 2.41. The molecule has 0 unspecified atom stereocenters. The average molecular weight is 93.1 g/mol. The minimum atomic E-state index is 0.148. The van der Waals surface area contributed by atoms with E-state index in [4.69, 9.17) is 5.26 Å². The van der Waals surface area contributed by atoms with Crippen molar-refractivity contribution in [1.82, 2.24) is 0 Å². The van der Waals surface area contributed by atoms with Gasteiger partial charge in [0, 0.05) is 11.0 Å². The van der Waals surface area contributed by atoms with Crippen molar-refractivity contribution in [2.24, 2.45) is 5.41 Å². The van der Waals surface area contributed by atoms with Crippen LogP contribution >= 0.6 is 0 Å². The SMILES string of the molecule is CC1(C)C=C1C#N. The van der Waals surface area contributed by atoms with Crippen LogP contribution in [-0.4, -0.2) is 0 Å². The minimum absolute atomic E-state index is 0.148.